The van der Waals surface area contributed by atoms with Crippen LogP contribution in [-0.4, -0.2) is 27.5 Å². The first kappa shape index (κ1) is 14.4. The monoisotopic (exact) mass is 349 g/mol. The normalized spacial score (nSPS) is 18.6. The van der Waals surface area contributed by atoms with Gasteiger partial charge in [-0.3, -0.25) is 0 Å². The molecule has 6 heteroatoms. The number of hydrogen-bond acceptors (Lipinski definition) is 4. The standard InChI is InChI=1S/C12H17BrClN3S/c1-18-12(5-3-2-4-6-12)7-15-11-9(13)10(14)16-8-17-11/h8H,2-7H2,1H3,(H,15,16,17). The van der Waals surface area contributed by atoms with Gasteiger partial charge >= 0.3 is 0 Å². The van der Waals surface area contributed by atoms with E-state index in [1.807, 2.05) is 11.8 Å². The van der Waals surface area contributed by atoms with Crippen LogP contribution < -0.4 is 5.32 Å². The minimum absolute atomic E-state index is 0.342. The maximum absolute atomic E-state index is 5.96. The van der Waals surface area contributed by atoms with Crippen LogP contribution in [0.4, 0.5) is 5.82 Å². The van der Waals surface area contributed by atoms with Crippen molar-refractivity contribution in [2.75, 3.05) is 18.1 Å². The predicted molar refractivity (Wildman–Crippen MR) is 82.6 cm³/mol. The molecule has 0 radical (unpaired) electrons. The number of aromatic nitrogens is 2. The van der Waals surface area contributed by atoms with Gasteiger partial charge in [0.05, 0.1) is 4.47 Å². The van der Waals surface area contributed by atoms with Crippen LogP contribution in [0.1, 0.15) is 32.1 Å². The van der Waals surface area contributed by atoms with Gasteiger partial charge in [-0.1, -0.05) is 30.9 Å². The highest BCUT2D eigenvalue weighted by Gasteiger charge is 2.31. The van der Waals surface area contributed by atoms with E-state index < -0.39 is 0 Å². The summed E-state index contributed by atoms with van der Waals surface area (Å²) >= 11 is 11.3. The molecule has 0 aromatic carbocycles. The molecule has 100 valence electrons. The smallest absolute Gasteiger partial charge is 0.148 e. The molecule has 1 aliphatic carbocycles. The van der Waals surface area contributed by atoms with Crippen molar-refractivity contribution in [3.8, 4) is 0 Å². The zero-order chi connectivity index (χ0) is 13.0. The lowest BCUT2D eigenvalue weighted by atomic mass is 9.88. The van der Waals surface area contributed by atoms with Gasteiger partial charge in [-0.15, -0.1) is 0 Å². The van der Waals surface area contributed by atoms with E-state index in [1.165, 1.54) is 38.4 Å². The zero-order valence-electron chi connectivity index (χ0n) is 10.4. The topological polar surface area (TPSA) is 37.8 Å². The molecule has 1 heterocycles. The summed E-state index contributed by atoms with van der Waals surface area (Å²) in [7, 11) is 0. The molecule has 1 aromatic rings. The zero-order valence-corrected chi connectivity index (χ0v) is 13.5. The van der Waals surface area contributed by atoms with Crippen LogP contribution in [0.25, 0.3) is 0 Å². The van der Waals surface area contributed by atoms with Gasteiger partial charge in [-0.25, -0.2) is 9.97 Å². The molecule has 0 amide bonds. The molecule has 2 rings (SSSR count). The average Bonchev–Trinajstić information content (AvgIpc) is 2.41. The van der Waals surface area contributed by atoms with E-state index in [1.54, 1.807) is 0 Å². The van der Waals surface area contributed by atoms with Crippen molar-refractivity contribution < 1.29 is 0 Å². The number of thioether (sulfide) groups is 1. The highest BCUT2D eigenvalue weighted by Crippen LogP contribution is 2.39. The molecular weight excluding hydrogens is 334 g/mol. The molecule has 0 bridgehead atoms. The minimum atomic E-state index is 0.342. The van der Waals surface area contributed by atoms with Gasteiger partial charge in [0, 0.05) is 11.3 Å². The molecule has 0 unspecified atom stereocenters. The summed E-state index contributed by atoms with van der Waals surface area (Å²) < 4.78 is 1.09. The molecular formula is C12H17BrClN3S. The third-order valence-electron chi connectivity index (χ3n) is 3.52. The molecule has 1 aromatic heterocycles. The van der Waals surface area contributed by atoms with Crippen LogP contribution in [0.3, 0.4) is 0 Å². The van der Waals surface area contributed by atoms with Crippen molar-refractivity contribution in [1.29, 1.82) is 0 Å². The van der Waals surface area contributed by atoms with Crippen LogP contribution in [0.2, 0.25) is 5.15 Å². The largest absolute Gasteiger partial charge is 0.368 e. The van der Waals surface area contributed by atoms with Gasteiger partial charge in [0.15, 0.2) is 0 Å². The summed E-state index contributed by atoms with van der Waals surface area (Å²) in [6, 6.07) is 0. The van der Waals surface area contributed by atoms with E-state index >= 15 is 0 Å². The first-order valence-electron chi connectivity index (χ1n) is 6.12. The molecule has 1 fully saturated rings. The van der Waals surface area contributed by atoms with E-state index in [4.69, 9.17) is 11.6 Å². The highest BCUT2D eigenvalue weighted by molar-refractivity contribution is 9.10. The van der Waals surface area contributed by atoms with E-state index in [-0.39, 0.29) is 0 Å². The third kappa shape index (κ3) is 3.31. The fourth-order valence-electron chi connectivity index (χ4n) is 2.37. The van der Waals surface area contributed by atoms with Gasteiger partial charge in [0.1, 0.15) is 17.3 Å². The number of nitrogens with one attached hydrogen (secondary N) is 1. The Morgan fingerprint density at radius 1 is 1.39 bits per heavy atom. The van der Waals surface area contributed by atoms with Crippen molar-refractivity contribution in [2.45, 2.75) is 36.9 Å². The van der Waals surface area contributed by atoms with Crippen molar-refractivity contribution in [1.82, 2.24) is 9.97 Å². The molecule has 1 N–H and O–H groups in total. The first-order chi connectivity index (χ1) is 8.67. The fraction of sp³-hybridized carbons (Fsp3) is 0.667. The van der Waals surface area contributed by atoms with Gasteiger partial charge in [0.25, 0.3) is 0 Å². The van der Waals surface area contributed by atoms with Crippen LogP contribution >= 0.6 is 39.3 Å². The fourth-order valence-corrected chi connectivity index (χ4v) is 3.76. The Bertz CT molecular complexity index is 410. The van der Waals surface area contributed by atoms with Crippen LogP contribution in [-0.2, 0) is 0 Å². The van der Waals surface area contributed by atoms with Crippen LogP contribution in [0, 0.1) is 0 Å². The predicted octanol–water partition coefficient (Wildman–Crippen LogP) is 4.37. The number of halogens is 2. The van der Waals surface area contributed by atoms with Gasteiger partial charge in [-0.05, 0) is 35.0 Å². The molecule has 1 aliphatic rings. The lowest BCUT2D eigenvalue weighted by Gasteiger charge is -2.36. The molecule has 18 heavy (non-hydrogen) atoms. The molecule has 0 aliphatic heterocycles. The summed E-state index contributed by atoms with van der Waals surface area (Å²) in [4.78, 5) is 8.16. The average molecular weight is 351 g/mol. The van der Waals surface area contributed by atoms with Gasteiger partial charge < -0.3 is 5.32 Å². The van der Waals surface area contributed by atoms with E-state index in [0.717, 1.165) is 16.8 Å². The summed E-state index contributed by atoms with van der Waals surface area (Å²) in [5, 5.41) is 3.87. The molecule has 0 saturated heterocycles. The number of hydrogen-bond donors (Lipinski definition) is 1. The molecule has 3 nitrogen and oxygen atoms in total. The maximum atomic E-state index is 5.96. The Hall–Kier alpha value is -0.0000000000000000555. The van der Waals surface area contributed by atoms with E-state index in [0.29, 0.717) is 9.90 Å². The minimum Gasteiger partial charge on any atom is -0.368 e. The summed E-state index contributed by atoms with van der Waals surface area (Å²) in [6.07, 6.45) is 10.3. The Morgan fingerprint density at radius 2 is 2.11 bits per heavy atom. The number of nitrogens with zero attached hydrogens (tertiary/aromatic N) is 2. The Balaban J connectivity index is 2.03. The van der Waals surface area contributed by atoms with Crippen molar-refractivity contribution in [3.63, 3.8) is 0 Å². The Morgan fingerprint density at radius 3 is 2.78 bits per heavy atom. The summed E-state index contributed by atoms with van der Waals surface area (Å²) in [5.74, 6) is 0.786. The second-order valence-corrected chi connectivity index (χ2v) is 7.05. The van der Waals surface area contributed by atoms with E-state index in [2.05, 4.69) is 37.5 Å². The van der Waals surface area contributed by atoms with Crippen molar-refractivity contribution >= 4 is 45.1 Å². The number of rotatable bonds is 4. The molecule has 0 spiro atoms. The maximum Gasteiger partial charge on any atom is 0.148 e. The van der Waals surface area contributed by atoms with Crippen molar-refractivity contribution in [3.05, 3.63) is 16.0 Å². The first-order valence-corrected chi connectivity index (χ1v) is 8.51. The van der Waals surface area contributed by atoms with Crippen LogP contribution in [0.15, 0.2) is 10.8 Å². The SMILES string of the molecule is CSC1(CNc2ncnc(Cl)c2Br)CCCCC1. The number of anilines is 1. The quantitative estimate of drug-likeness (QED) is 0.818. The summed E-state index contributed by atoms with van der Waals surface area (Å²) in [5.41, 5.74) is 0. The lowest BCUT2D eigenvalue weighted by molar-refractivity contribution is 0.411. The second kappa shape index (κ2) is 6.44. The van der Waals surface area contributed by atoms with Gasteiger partial charge in [0.2, 0.25) is 0 Å². The molecule has 1 saturated carbocycles. The second-order valence-electron chi connectivity index (χ2n) is 4.63. The summed E-state index contributed by atoms with van der Waals surface area (Å²) in [6.45, 7) is 0.931. The third-order valence-corrected chi connectivity index (χ3v) is 6.21. The Kier molecular flexibility index (Phi) is 5.15. The lowest BCUT2D eigenvalue weighted by Crippen LogP contribution is -2.35. The van der Waals surface area contributed by atoms with E-state index in [9.17, 15) is 0 Å². The Labute approximate surface area is 126 Å². The van der Waals surface area contributed by atoms with Crippen molar-refractivity contribution in [2.24, 2.45) is 0 Å². The highest BCUT2D eigenvalue weighted by atomic mass is 79.9. The van der Waals surface area contributed by atoms with Gasteiger partial charge in [-0.2, -0.15) is 11.8 Å². The molecule has 0 atom stereocenters. The van der Waals surface area contributed by atoms with Crippen LogP contribution in [0.5, 0.6) is 0 Å².